The molecule has 0 atom stereocenters. The highest BCUT2D eigenvalue weighted by molar-refractivity contribution is 9.10. The van der Waals surface area contributed by atoms with E-state index in [0.717, 1.165) is 15.8 Å². The minimum absolute atomic E-state index is 0.472. The van der Waals surface area contributed by atoms with E-state index in [-0.39, 0.29) is 0 Å². The van der Waals surface area contributed by atoms with E-state index in [1.165, 1.54) is 0 Å². The van der Waals surface area contributed by atoms with Crippen LogP contribution in [0.4, 0.5) is 11.4 Å². The molecule has 0 spiro atoms. The summed E-state index contributed by atoms with van der Waals surface area (Å²) < 4.78 is 16.3. The number of benzene rings is 1. The van der Waals surface area contributed by atoms with E-state index in [4.69, 9.17) is 19.9 Å². The van der Waals surface area contributed by atoms with E-state index in [9.17, 15) is 0 Å². The minimum Gasteiger partial charge on any atom is -0.397 e. The van der Waals surface area contributed by atoms with Gasteiger partial charge in [-0.3, -0.25) is 0 Å². The Hall–Kier alpha value is -0.820. The second-order valence-corrected chi connectivity index (χ2v) is 4.55. The van der Waals surface area contributed by atoms with Crippen molar-refractivity contribution in [3.8, 4) is 0 Å². The first kappa shape index (κ1) is 23.4. The van der Waals surface area contributed by atoms with E-state index in [1.54, 1.807) is 0 Å². The third-order valence-corrected chi connectivity index (χ3v) is 2.69. The second kappa shape index (κ2) is 16.5. The molecule has 22 heavy (non-hydrogen) atoms. The van der Waals surface area contributed by atoms with Gasteiger partial charge in [0.1, 0.15) is 0 Å². The van der Waals surface area contributed by atoms with Gasteiger partial charge in [0, 0.05) is 31.3 Å². The quantitative estimate of drug-likeness (QED) is 0.540. The van der Waals surface area contributed by atoms with Gasteiger partial charge in [-0.1, -0.05) is 29.8 Å². The Morgan fingerprint density at radius 2 is 1.50 bits per heavy atom. The van der Waals surface area contributed by atoms with Gasteiger partial charge >= 0.3 is 0 Å². The van der Waals surface area contributed by atoms with Crippen LogP contribution in [0.2, 0.25) is 0 Å². The Balaban J connectivity index is 0. The zero-order valence-electron chi connectivity index (χ0n) is 14.6. The van der Waals surface area contributed by atoms with E-state index in [1.807, 2.05) is 59.9 Å². The molecule has 0 saturated heterocycles. The van der Waals surface area contributed by atoms with Gasteiger partial charge in [-0.25, -0.2) is 0 Å². The maximum Gasteiger partial charge on any atom is 0.271 e. The van der Waals surface area contributed by atoms with Crippen LogP contribution in [0.3, 0.4) is 0 Å². The van der Waals surface area contributed by atoms with Gasteiger partial charge in [-0.05, 0) is 39.0 Å². The molecule has 130 valence electrons. The Labute approximate surface area is 143 Å². The lowest BCUT2D eigenvalue weighted by atomic mass is 10.3. The van der Waals surface area contributed by atoms with Gasteiger partial charge in [-0.2, -0.15) is 0 Å². The molecule has 5 nitrogen and oxygen atoms in total. The maximum absolute atomic E-state index is 5.62. The molecule has 0 saturated carbocycles. The molecule has 0 fully saturated rings. The maximum atomic E-state index is 5.62. The van der Waals surface area contributed by atoms with Crippen molar-refractivity contribution in [1.82, 2.24) is 0 Å². The van der Waals surface area contributed by atoms with E-state index in [0.29, 0.717) is 19.8 Å². The van der Waals surface area contributed by atoms with E-state index in [2.05, 4.69) is 21.2 Å². The fourth-order valence-electron chi connectivity index (χ4n) is 1.30. The van der Waals surface area contributed by atoms with Gasteiger partial charge < -0.3 is 25.3 Å². The van der Waals surface area contributed by atoms with Crippen molar-refractivity contribution in [2.45, 2.75) is 41.1 Å². The Morgan fingerprint density at radius 3 is 1.82 bits per heavy atom. The molecule has 0 amide bonds. The molecule has 3 N–H and O–H groups in total. The number of rotatable bonds is 7. The standard InChI is InChI=1S/C7H9BrN2.C7H16O3.C2H6/c1-10-7-4-5(8)2-3-6(7)9;1-4-8-7(9-5-2)10-6-3;1-2/h2-4,10H,9H2,1H3;7H,4-6H2,1-3H3;1-2H3. The monoisotopic (exact) mass is 378 g/mol. The first-order chi connectivity index (χ1) is 10.6. The normalized spacial score (nSPS) is 9.45. The first-order valence-corrected chi connectivity index (χ1v) is 8.45. The first-order valence-electron chi connectivity index (χ1n) is 7.66. The van der Waals surface area contributed by atoms with E-state index >= 15 is 0 Å². The molecule has 6 heteroatoms. The summed E-state index contributed by atoms with van der Waals surface area (Å²) in [7, 11) is 1.85. The van der Waals surface area contributed by atoms with Gasteiger partial charge in [0.05, 0.1) is 11.4 Å². The van der Waals surface area contributed by atoms with Crippen LogP contribution in [0.25, 0.3) is 0 Å². The number of nitrogens with one attached hydrogen (secondary N) is 1. The molecule has 0 aliphatic heterocycles. The van der Waals surface area contributed by atoms with Crippen molar-refractivity contribution in [3.63, 3.8) is 0 Å². The minimum atomic E-state index is -0.472. The van der Waals surface area contributed by atoms with Gasteiger partial charge in [0.15, 0.2) is 0 Å². The number of anilines is 2. The smallest absolute Gasteiger partial charge is 0.271 e. The molecular formula is C16H31BrN2O3. The van der Waals surface area contributed by atoms with Crippen LogP contribution in [0, 0.1) is 0 Å². The molecule has 0 heterocycles. The van der Waals surface area contributed by atoms with Crippen molar-refractivity contribution < 1.29 is 14.2 Å². The number of nitrogen functional groups attached to an aromatic ring is 1. The molecule has 0 aliphatic rings. The van der Waals surface area contributed by atoms with Crippen molar-refractivity contribution in [3.05, 3.63) is 22.7 Å². The van der Waals surface area contributed by atoms with Crippen LogP contribution in [0.5, 0.6) is 0 Å². The Bertz CT molecular complexity index is 351. The lowest BCUT2D eigenvalue weighted by Gasteiger charge is -2.15. The van der Waals surface area contributed by atoms with Crippen molar-refractivity contribution in [2.75, 3.05) is 37.9 Å². The highest BCUT2D eigenvalue weighted by Gasteiger charge is 2.04. The molecule has 0 unspecified atom stereocenters. The zero-order valence-corrected chi connectivity index (χ0v) is 16.2. The zero-order chi connectivity index (χ0) is 17.4. The lowest BCUT2D eigenvalue weighted by Crippen LogP contribution is -2.20. The number of halogens is 1. The summed E-state index contributed by atoms with van der Waals surface area (Å²) in [6, 6.07) is 5.71. The molecule has 1 aromatic rings. The SMILES string of the molecule is CC.CCOC(OCC)OCC.CNc1cc(Br)ccc1N. The highest BCUT2D eigenvalue weighted by Crippen LogP contribution is 2.22. The van der Waals surface area contributed by atoms with Crippen molar-refractivity contribution in [2.24, 2.45) is 0 Å². The summed E-state index contributed by atoms with van der Waals surface area (Å²) in [5, 5.41) is 2.98. The van der Waals surface area contributed by atoms with Crippen LogP contribution in [-0.4, -0.2) is 33.3 Å². The van der Waals surface area contributed by atoms with Gasteiger partial charge in [0.25, 0.3) is 6.48 Å². The summed E-state index contributed by atoms with van der Waals surface area (Å²) in [4.78, 5) is 0. The molecule has 0 radical (unpaired) electrons. The highest BCUT2D eigenvalue weighted by atomic mass is 79.9. The Kier molecular flexibility index (Phi) is 17.6. The fourth-order valence-corrected chi connectivity index (χ4v) is 1.66. The average molecular weight is 379 g/mol. The predicted octanol–water partition coefficient (Wildman–Crippen LogP) is 4.48. The van der Waals surface area contributed by atoms with Crippen LogP contribution in [-0.2, 0) is 14.2 Å². The van der Waals surface area contributed by atoms with Crippen LogP contribution >= 0.6 is 15.9 Å². The summed E-state index contributed by atoms with van der Waals surface area (Å²) in [6.45, 7) is 11.1. The average Bonchev–Trinajstić information content (AvgIpc) is 2.53. The molecular weight excluding hydrogens is 348 g/mol. The predicted molar refractivity (Wildman–Crippen MR) is 98.1 cm³/mol. The third-order valence-electron chi connectivity index (χ3n) is 2.19. The van der Waals surface area contributed by atoms with Crippen LogP contribution in [0.15, 0.2) is 22.7 Å². The van der Waals surface area contributed by atoms with E-state index < -0.39 is 6.48 Å². The summed E-state index contributed by atoms with van der Waals surface area (Å²) in [5.74, 6) is 0. The third kappa shape index (κ3) is 11.8. The molecule has 1 aromatic carbocycles. The molecule has 0 aliphatic carbocycles. The van der Waals surface area contributed by atoms with Crippen LogP contribution < -0.4 is 11.1 Å². The lowest BCUT2D eigenvalue weighted by molar-refractivity contribution is -0.282. The number of ether oxygens (including phenoxy) is 3. The van der Waals surface area contributed by atoms with Gasteiger partial charge in [-0.15, -0.1) is 0 Å². The number of nitrogens with two attached hydrogens (primary N) is 1. The number of hydrogen-bond donors (Lipinski definition) is 2. The van der Waals surface area contributed by atoms with Crippen molar-refractivity contribution in [1.29, 1.82) is 0 Å². The molecule has 0 bridgehead atoms. The molecule has 1 rings (SSSR count). The van der Waals surface area contributed by atoms with Gasteiger partial charge in [0.2, 0.25) is 0 Å². The largest absolute Gasteiger partial charge is 0.397 e. The Morgan fingerprint density at radius 1 is 1.05 bits per heavy atom. The summed E-state index contributed by atoms with van der Waals surface area (Å²) in [6.07, 6.45) is 0. The number of hydrogen-bond acceptors (Lipinski definition) is 5. The summed E-state index contributed by atoms with van der Waals surface area (Å²) in [5.41, 5.74) is 7.34. The second-order valence-electron chi connectivity index (χ2n) is 3.64. The molecule has 0 aromatic heterocycles. The summed E-state index contributed by atoms with van der Waals surface area (Å²) >= 11 is 3.34. The fraction of sp³-hybridized carbons (Fsp3) is 0.625. The van der Waals surface area contributed by atoms with Crippen LogP contribution in [0.1, 0.15) is 34.6 Å². The van der Waals surface area contributed by atoms with Crippen molar-refractivity contribution >= 4 is 27.3 Å². The topological polar surface area (TPSA) is 65.7 Å².